The average molecular weight is 226 g/mol. The Labute approximate surface area is 102 Å². The molecule has 1 heteroatoms. The van der Waals surface area contributed by atoms with Gasteiger partial charge in [-0.15, -0.1) is 0 Å². The molecule has 0 aromatic rings. The molecule has 0 bridgehead atoms. The molecule has 3 rings (SSSR count). The van der Waals surface area contributed by atoms with Crippen molar-refractivity contribution in [1.82, 2.24) is 0 Å². The summed E-state index contributed by atoms with van der Waals surface area (Å²) in [5.41, 5.74) is 3.47. The van der Waals surface area contributed by atoms with Crippen molar-refractivity contribution < 1.29 is 0 Å². The Morgan fingerprint density at radius 2 is 1.25 bits per heavy atom. The van der Waals surface area contributed by atoms with Crippen LogP contribution >= 0.6 is 0 Å². The Hall–Kier alpha value is 0.217. The van der Waals surface area contributed by atoms with E-state index in [9.17, 15) is 0 Å². The van der Waals surface area contributed by atoms with Crippen molar-refractivity contribution in [3.8, 4) is 0 Å². The second-order valence-electron chi connectivity index (χ2n) is 5.96. The molecule has 0 amide bonds. The lowest BCUT2D eigenvalue weighted by atomic mass is 9.67. The maximum absolute atomic E-state index is 2.47. The van der Waals surface area contributed by atoms with Crippen molar-refractivity contribution in [1.29, 1.82) is 0 Å². The summed E-state index contributed by atoms with van der Waals surface area (Å²) in [6.45, 7) is 9.66. The van der Waals surface area contributed by atoms with E-state index in [-0.39, 0.29) is 5.41 Å². The first-order chi connectivity index (χ1) is 7.45. The Morgan fingerprint density at radius 3 is 1.69 bits per heavy atom. The molecule has 1 heterocycles. The summed E-state index contributed by atoms with van der Waals surface area (Å²) in [5, 5.41) is 0. The second kappa shape index (κ2) is 3.37. The molecule has 2 aliphatic carbocycles. The molecule has 10 radical (unpaired) electrons. The molecule has 1 aliphatic heterocycles. The molecule has 3 fully saturated rings. The largest absolute Gasteiger partial charge is 0.0685 e. The fraction of sp³-hybridized carbons (Fsp3) is 0.333. The second-order valence-corrected chi connectivity index (χ2v) is 10.3. The van der Waals surface area contributed by atoms with Crippen LogP contribution in [0.25, 0.3) is 0 Å². The highest BCUT2D eigenvalue weighted by Gasteiger charge is 2.62. The van der Waals surface area contributed by atoms with Gasteiger partial charge < -0.3 is 0 Å². The highest BCUT2D eigenvalue weighted by Crippen LogP contribution is 2.65. The van der Waals surface area contributed by atoms with Gasteiger partial charge in [-0.2, -0.15) is 0 Å². The van der Waals surface area contributed by atoms with Crippen molar-refractivity contribution in [3.63, 3.8) is 0 Å². The predicted molar refractivity (Wildman–Crippen MR) is 70.0 cm³/mol. The molecule has 0 nitrogen and oxygen atoms in total. The van der Waals surface area contributed by atoms with E-state index in [0.717, 1.165) is 0 Å². The average Bonchev–Trinajstić information content (AvgIpc) is 2.86. The molecule has 3 aliphatic rings. The van der Waals surface area contributed by atoms with Crippen molar-refractivity contribution >= 4 is 8.07 Å². The van der Waals surface area contributed by atoms with E-state index in [1.54, 1.807) is 22.9 Å². The van der Waals surface area contributed by atoms with Crippen LogP contribution in [0.1, 0.15) is 13.8 Å². The molecular weight excluding hydrogens is 208 g/mol. The standard InChI is InChI=1S/C15H18Si/c1-15(2)11-7-5-9-13(11)16(3,4)14-10-6-8-12(14)15/h5-10H,1-4H3. The lowest BCUT2D eigenvalue weighted by Gasteiger charge is -2.55. The van der Waals surface area contributed by atoms with E-state index in [2.05, 4.69) is 65.5 Å². The maximum atomic E-state index is 2.47. The van der Waals surface area contributed by atoms with E-state index in [4.69, 9.17) is 0 Å². The van der Waals surface area contributed by atoms with Crippen LogP contribution in [0.15, 0.2) is 0 Å². The summed E-state index contributed by atoms with van der Waals surface area (Å²) in [7, 11) is -1.42. The highest BCUT2D eigenvalue weighted by molar-refractivity contribution is 6.90. The normalized spacial score (nSPS) is 35.2. The van der Waals surface area contributed by atoms with Gasteiger partial charge >= 0.3 is 0 Å². The van der Waals surface area contributed by atoms with Crippen molar-refractivity contribution in [2.24, 2.45) is 5.41 Å². The minimum Gasteiger partial charge on any atom is -0.0685 e. The van der Waals surface area contributed by atoms with E-state index >= 15 is 0 Å². The molecule has 0 aromatic heterocycles. The molecule has 0 unspecified atom stereocenters. The van der Waals surface area contributed by atoms with Crippen LogP contribution in [0.2, 0.25) is 13.1 Å². The maximum Gasteiger partial charge on any atom is 0.0626 e. The van der Waals surface area contributed by atoms with Gasteiger partial charge in [-0.05, 0) is 66.9 Å². The molecule has 16 heavy (non-hydrogen) atoms. The van der Waals surface area contributed by atoms with Crippen LogP contribution in [0.3, 0.4) is 0 Å². The smallest absolute Gasteiger partial charge is 0.0626 e. The third-order valence-corrected chi connectivity index (χ3v) is 7.89. The van der Waals surface area contributed by atoms with Crippen LogP contribution in [0.4, 0.5) is 0 Å². The summed E-state index contributed by atoms with van der Waals surface area (Å²) in [6.07, 6.45) is 13.8. The Kier molecular flexibility index (Phi) is 2.38. The molecule has 0 spiro atoms. The van der Waals surface area contributed by atoms with Gasteiger partial charge in [-0.1, -0.05) is 26.9 Å². The number of rotatable bonds is 0. The summed E-state index contributed by atoms with van der Waals surface area (Å²) in [6, 6.07) is 0. The topological polar surface area (TPSA) is 0 Å². The van der Waals surface area contributed by atoms with Crippen LogP contribution in [0.5, 0.6) is 0 Å². The lowest BCUT2D eigenvalue weighted by Crippen LogP contribution is -2.55. The zero-order valence-electron chi connectivity index (χ0n) is 10.5. The fourth-order valence-electron chi connectivity index (χ4n) is 3.31. The van der Waals surface area contributed by atoms with Crippen LogP contribution in [-0.4, -0.2) is 8.07 Å². The molecule has 82 valence electrons. The van der Waals surface area contributed by atoms with Crippen molar-refractivity contribution in [3.05, 3.63) is 61.4 Å². The SMILES string of the molecule is CC1(C)[C]2[CH][CH][CH][C]2[Si](C)(C)[C]2[CH][CH][CH][C]21. The summed E-state index contributed by atoms with van der Waals surface area (Å²) >= 11 is 0. The molecule has 0 atom stereocenters. The number of hydrogen-bond donors (Lipinski definition) is 0. The molecule has 2 saturated carbocycles. The van der Waals surface area contributed by atoms with Crippen molar-refractivity contribution in [2.45, 2.75) is 26.9 Å². The minimum atomic E-state index is -1.42. The zero-order valence-corrected chi connectivity index (χ0v) is 11.5. The molecule has 0 N–H and O–H groups in total. The molecule has 0 aromatic carbocycles. The van der Waals surface area contributed by atoms with Gasteiger partial charge in [0.2, 0.25) is 0 Å². The van der Waals surface area contributed by atoms with E-state index in [1.165, 1.54) is 0 Å². The first kappa shape index (κ1) is 11.3. The fourth-order valence-corrected chi connectivity index (χ4v) is 6.76. The zero-order chi connectivity index (χ0) is 11.6. The third-order valence-electron chi connectivity index (χ3n) is 4.33. The summed E-state index contributed by atoms with van der Waals surface area (Å²) in [4.78, 5) is 0. The van der Waals surface area contributed by atoms with Crippen LogP contribution < -0.4 is 0 Å². The monoisotopic (exact) mass is 226 g/mol. The van der Waals surface area contributed by atoms with Gasteiger partial charge in [-0.3, -0.25) is 0 Å². The van der Waals surface area contributed by atoms with Crippen LogP contribution in [0, 0.1) is 66.9 Å². The third kappa shape index (κ3) is 1.27. The quantitative estimate of drug-likeness (QED) is 0.556. The van der Waals surface area contributed by atoms with Gasteiger partial charge in [0.05, 0.1) is 8.07 Å². The van der Waals surface area contributed by atoms with E-state index in [0.29, 0.717) is 0 Å². The van der Waals surface area contributed by atoms with Crippen LogP contribution in [-0.2, 0) is 0 Å². The first-order valence-electron chi connectivity index (χ1n) is 5.99. The lowest BCUT2D eigenvalue weighted by molar-refractivity contribution is 0.435. The summed E-state index contributed by atoms with van der Waals surface area (Å²) < 4.78 is 0. The molecule has 1 saturated heterocycles. The highest BCUT2D eigenvalue weighted by atomic mass is 28.3. The molecular formula is C15H18Si. The van der Waals surface area contributed by atoms with Gasteiger partial charge in [0, 0.05) is 0 Å². The Bertz CT molecular complexity index is 238. The predicted octanol–water partition coefficient (Wildman–Crippen LogP) is 3.36. The number of fused-ring (bicyclic) bond motifs is 2. The minimum absolute atomic E-state index is 0.195. The summed E-state index contributed by atoms with van der Waals surface area (Å²) in [5.74, 6) is 3.12. The van der Waals surface area contributed by atoms with Gasteiger partial charge in [0.25, 0.3) is 0 Å². The van der Waals surface area contributed by atoms with E-state index < -0.39 is 8.07 Å². The van der Waals surface area contributed by atoms with E-state index in [1.807, 2.05) is 0 Å². The number of hydrogen-bond acceptors (Lipinski definition) is 0. The van der Waals surface area contributed by atoms with Gasteiger partial charge in [-0.25, -0.2) is 0 Å². The van der Waals surface area contributed by atoms with Gasteiger partial charge in [0.15, 0.2) is 0 Å². The van der Waals surface area contributed by atoms with Crippen molar-refractivity contribution in [2.75, 3.05) is 0 Å². The Morgan fingerprint density at radius 1 is 0.812 bits per heavy atom. The Balaban J connectivity index is 2.02. The van der Waals surface area contributed by atoms with Gasteiger partial charge in [0.1, 0.15) is 0 Å². The first-order valence-corrected chi connectivity index (χ1v) is 8.99.